The van der Waals surface area contributed by atoms with E-state index in [4.69, 9.17) is 4.42 Å². The third-order valence-corrected chi connectivity index (χ3v) is 6.24. The molecule has 1 aliphatic rings. The molecule has 0 aliphatic heterocycles. The Hall–Kier alpha value is -1.35. The summed E-state index contributed by atoms with van der Waals surface area (Å²) < 4.78 is 33.8. The van der Waals surface area contributed by atoms with E-state index in [0.717, 1.165) is 12.8 Å². The highest BCUT2D eigenvalue weighted by molar-refractivity contribution is 7.89. The van der Waals surface area contributed by atoms with Gasteiger partial charge >= 0.3 is 5.76 Å². The zero-order valence-corrected chi connectivity index (χ0v) is 16.5. The maximum Gasteiger partial charge on any atom is 0.419 e. The maximum atomic E-state index is 12.4. The fourth-order valence-electron chi connectivity index (χ4n) is 3.31. The minimum absolute atomic E-state index is 0. The van der Waals surface area contributed by atoms with Gasteiger partial charge in [-0.2, -0.15) is 0 Å². The lowest BCUT2D eigenvalue weighted by Gasteiger charge is -2.16. The molecule has 1 aromatic carbocycles. The molecule has 0 unspecified atom stereocenters. The first-order valence-corrected chi connectivity index (χ1v) is 10.3. The topological polar surface area (TPSA) is 93.3 Å². The lowest BCUT2D eigenvalue weighted by atomic mass is 10.1. The van der Waals surface area contributed by atoms with Crippen molar-refractivity contribution in [3.05, 3.63) is 28.7 Å². The van der Waals surface area contributed by atoms with Crippen molar-refractivity contribution in [2.24, 2.45) is 7.05 Å². The van der Waals surface area contributed by atoms with Gasteiger partial charge in [0.1, 0.15) is 0 Å². The Morgan fingerprint density at radius 3 is 2.54 bits per heavy atom. The second-order valence-corrected chi connectivity index (χ2v) is 8.36. The minimum Gasteiger partial charge on any atom is -0.408 e. The van der Waals surface area contributed by atoms with E-state index in [1.54, 1.807) is 13.1 Å². The Bertz CT molecular complexity index is 883. The van der Waals surface area contributed by atoms with E-state index in [1.807, 2.05) is 0 Å². The second-order valence-electron chi connectivity index (χ2n) is 6.60. The fraction of sp³-hybridized carbons (Fsp3) is 0.588. The van der Waals surface area contributed by atoms with Gasteiger partial charge in [0.2, 0.25) is 10.0 Å². The first-order chi connectivity index (χ1) is 12.0. The molecule has 26 heavy (non-hydrogen) atoms. The van der Waals surface area contributed by atoms with Crippen LogP contribution in [0.2, 0.25) is 0 Å². The van der Waals surface area contributed by atoms with E-state index in [2.05, 4.69) is 10.0 Å². The summed E-state index contributed by atoms with van der Waals surface area (Å²) in [6, 6.07) is 4.94. The molecule has 0 spiro atoms. The molecular formula is C17H26ClN3O4S. The van der Waals surface area contributed by atoms with E-state index >= 15 is 0 Å². The molecule has 0 atom stereocenters. The SMILES string of the molecule is Cl.Cn1c(=O)oc2cc(S(=O)(=O)NCCNC3CCCCCC3)ccc21. The van der Waals surface area contributed by atoms with Crippen LogP contribution in [0.1, 0.15) is 38.5 Å². The van der Waals surface area contributed by atoms with Crippen LogP contribution in [-0.4, -0.2) is 32.1 Å². The van der Waals surface area contributed by atoms with E-state index < -0.39 is 15.8 Å². The number of hydrogen-bond acceptors (Lipinski definition) is 5. The number of benzene rings is 1. The van der Waals surface area contributed by atoms with Crippen molar-refractivity contribution < 1.29 is 12.8 Å². The molecule has 0 amide bonds. The molecule has 1 aliphatic carbocycles. The summed E-state index contributed by atoms with van der Waals surface area (Å²) in [6.45, 7) is 0.933. The quantitative estimate of drug-likeness (QED) is 0.569. The molecule has 3 rings (SSSR count). The van der Waals surface area contributed by atoms with Gasteiger partial charge in [0.15, 0.2) is 5.58 Å². The summed E-state index contributed by atoms with van der Waals surface area (Å²) in [7, 11) is -2.04. The van der Waals surface area contributed by atoms with Crippen LogP contribution in [0.4, 0.5) is 0 Å². The van der Waals surface area contributed by atoms with Crippen molar-refractivity contribution in [2.45, 2.75) is 49.5 Å². The van der Waals surface area contributed by atoms with Crippen LogP contribution < -0.4 is 15.8 Å². The average molecular weight is 404 g/mol. The molecule has 1 fully saturated rings. The summed E-state index contributed by atoms with van der Waals surface area (Å²) >= 11 is 0. The van der Waals surface area contributed by atoms with Crippen molar-refractivity contribution in [3.8, 4) is 0 Å². The summed E-state index contributed by atoms with van der Waals surface area (Å²) in [4.78, 5) is 11.6. The molecule has 0 radical (unpaired) electrons. The molecule has 1 aromatic heterocycles. The standard InChI is InChI=1S/C17H25N3O4S.ClH/c1-20-15-9-8-14(12-16(15)24-17(20)21)25(22,23)19-11-10-18-13-6-4-2-3-5-7-13;/h8-9,12-13,18-19H,2-7,10-11H2,1H3;1H. The van der Waals surface area contributed by atoms with Crippen molar-refractivity contribution in [2.75, 3.05) is 13.1 Å². The summed E-state index contributed by atoms with van der Waals surface area (Å²) in [5.74, 6) is -0.509. The number of fused-ring (bicyclic) bond motifs is 1. The number of rotatable bonds is 6. The van der Waals surface area contributed by atoms with E-state index in [0.29, 0.717) is 24.6 Å². The predicted molar refractivity (Wildman–Crippen MR) is 103 cm³/mol. The molecule has 0 saturated heterocycles. The summed E-state index contributed by atoms with van der Waals surface area (Å²) in [5.41, 5.74) is 0.839. The zero-order chi connectivity index (χ0) is 17.9. The smallest absolute Gasteiger partial charge is 0.408 e. The van der Waals surface area contributed by atoms with E-state index in [1.165, 1.54) is 42.4 Å². The number of nitrogens with zero attached hydrogens (tertiary/aromatic N) is 1. The van der Waals surface area contributed by atoms with Crippen LogP contribution in [0, 0.1) is 0 Å². The third-order valence-electron chi connectivity index (χ3n) is 4.78. The first-order valence-electron chi connectivity index (χ1n) is 8.80. The minimum atomic E-state index is -3.63. The molecule has 9 heteroatoms. The fourth-order valence-corrected chi connectivity index (χ4v) is 4.36. The van der Waals surface area contributed by atoms with Crippen molar-refractivity contribution >= 4 is 33.5 Å². The van der Waals surface area contributed by atoms with Gasteiger partial charge in [0, 0.05) is 32.2 Å². The second kappa shape index (κ2) is 9.03. The van der Waals surface area contributed by atoms with Crippen LogP contribution in [0.25, 0.3) is 11.1 Å². The van der Waals surface area contributed by atoms with Gasteiger partial charge in [-0.05, 0) is 25.0 Å². The number of nitrogens with one attached hydrogen (secondary N) is 2. The Balaban J connectivity index is 0.00000243. The number of oxazole rings is 1. The third kappa shape index (κ3) is 4.88. The first kappa shape index (κ1) is 21.0. The summed E-state index contributed by atoms with van der Waals surface area (Å²) in [5, 5.41) is 3.44. The Labute approximate surface area is 159 Å². The van der Waals surface area contributed by atoms with Crippen LogP contribution in [0.3, 0.4) is 0 Å². The molecular weight excluding hydrogens is 378 g/mol. The van der Waals surface area contributed by atoms with E-state index in [-0.39, 0.29) is 22.9 Å². The van der Waals surface area contributed by atoms with Crippen LogP contribution in [0.15, 0.2) is 32.3 Å². The Morgan fingerprint density at radius 1 is 1.15 bits per heavy atom. The highest BCUT2D eigenvalue weighted by Gasteiger charge is 2.17. The van der Waals surface area contributed by atoms with Crippen molar-refractivity contribution in [1.82, 2.24) is 14.6 Å². The lowest BCUT2D eigenvalue weighted by Crippen LogP contribution is -2.36. The molecule has 2 aromatic rings. The van der Waals surface area contributed by atoms with Gasteiger partial charge < -0.3 is 9.73 Å². The van der Waals surface area contributed by atoms with Crippen LogP contribution in [0.5, 0.6) is 0 Å². The largest absolute Gasteiger partial charge is 0.419 e. The summed E-state index contributed by atoms with van der Waals surface area (Å²) in [6.07, 6.45) is 7.40. The molecule has 146 valence electrons. The lowest BCUT2D eigenvalue weighted by molar-refractivity contribution is 0.461. The van der Waals surface area contributed by atoms with Gasteiger partial charge in [0.05, 0.1) is 10.4 Å². The van der Waals surface area contributed by atoms with Gasteiger partial charge in [0.25, 0.3) is 0 Å². The Morgan fingerprint density at radius 2 is 1.85 bits per heavy atom. The number of sulfonamides is 1. The van der Waals surface area contributed by atoms with Gasteiger partial charge in [-0.15, -0.1) is 12.4 Å². The molecule has 7 nitrogen and oxygen atoms in total. The van der Waals surface area contributed by atoms with Crippen LogP contribution >= 0.6 is 12.4 Å². The monoisotopic (exact) mass is 403 g/mol. The number of aromatic nitrogens is 1. The molecule has 2 N–H and O–H groups in total. The van der Waals surface area contributed by atoms with Gasteiger partial charge in [-0.1, -0.05) is 25.7 Å². The van der Waals surface area contributed by atoms with Crippen molar-refractivity contribution in [1.29, 1.82) is 0 Å². The highest BCUT2D eigenvalue weighted by atomic mass is 35.5. The number of aryl methyl sites for hydroxylation is 1. The highest BCUT2D eigenvalue weighted by Crippen LogP contribution is 2.18. The number of hydrogen-bond donors (Lipinski definition) is 2. The molecule has 1 saturated carbocycles. The molecule has 0 bridgehead atoms. The van der Waals surface area contributed by atoms with Crippen LogP contribution in [-0.2, 0) is 17.1 Å². The van der Waals surface area contributed by atoms with E-state index in [9.17, 15) is 13.2 Å². The van der Waals surface area contributed by atoms with Crippen molar-refractivity contribution in [3.63, 3.8) is 0 Å². The maximum absolute atomic E-state index is 12.4. The molecule has 1 heterocycles. The zero-order valence-electron chi connectivity index (χ0n) is 14.9. The normalized spacial score (nSPS) is 16.3. The van der Waals surface area contributed by atoms with Gasteiger partial charge in [-0.25, -0.2) is 17.9 Å². The number of halogens is 1. The average Bonchev–Trinajstić information content (AvgIpc) is 2.77. The van der Waals surface area contributed by atoms with Gasteiger partial charge in [-0.3, -0.25) is 4.57 Å². The predicted octanol–water partition coefficient (Wildman–Crippen LogP) is 2.14. The Kier molecular flexibility index (Phi) is 7.28.